The number of pyridine rings is 1. The Bertz CT molecular complexity index is 523. The van der Waals surface area contributed by atoms with Crippen LogP contribution in [0, 0.1) is 6.92 Å². The fourth-order valence-electron chi connectivity index (χ4n) is 3.18. The van der Waals surface area contributed by atoms with E-state index in [9.17, 15) is 4.79 Å². The Morgan fingerprint density at radius 1 is 1.39 bits per heavy atom. The molecule has 2 saturated heterocycles. The highest BCUT2D eigenvalue weighted by Gasteiger charge is 2.20. The van der Waals surface area contributed by atoms with Crippen LogP contribution >= 0.6 is 0 Å². The van der Waals surface area contributed by atoms with E-state index < -0.39 is 0 Å². The molecule has 0 aliphatic carbocycles. The van der Waals surface area contributed by atoms with Crippen molar-refractivity contribution in [1.82, 2.24) is 15.2 Å². The standard InChI is InChI=1S/C17H26N4O2/c1-14-11-15(4-5-18-14)21-8-6-20(7-9-21)13-17(22)19-12-16-3-2-10-23-16/h4-5,11,16H,2-3,6-10,12-13H2,1H3,(H,19,22)/t16-/m1/s1. The SMILES string of the molecule is Cc1cc(N2CCN(CC(=O)NC[C@H]3CCCO3)CC2)ccn1. The summed E-state index contributed by atoms with van der Waals surface area (Å²) < 4.78 is 5.53. The van der Waals surface area contributed by atoms with Gasteiger partial charge in [-0.05, 0) is 31.9 Å². The lowest BCUT2D eigenvalue weighted by Gasteiger charge is -2.35. The summed E-state index contributed by atoms with van der Waals surface area (Å²) in [6.45, 7) is 7.69. The number of anilines is 1. The molecule has 0 radical (unpaired) electrons. The van der Waals surface area contributed by atoms with E-state index in [1.54, 1.807) is 0 Å². The molecule has 0 spiro atoms. The van der Waals surface area contributed by atoms with Crippen LogP contribution in [-0.2, 0) is 9.53 Å². The quantitative estimate of drug-likeness (QED) is 0.870. The zero-order valence-corrected chi connectivity index (χ0v) is 13.8. The molecule has 3 heterocycles. The summed E-state index contributed by atoms with van der Waals surface area (Å²) in [7, 11) is 0. The molecule has 0 aromatic carbocycles. The zero-order chi connectivity index (χ0) is 16.1. The number of amides is 1. The Balaban J connectivity index is 1.39. The van der Waals surface area contributed by atoms with E-state index >= 15 is 0 Å². The number of rotatable bonds is 5. The fraction of sp³-hybridized carbons (Fsp3) is 0.647. The van der Waals surface area contributed by atoms with Gasteiger partial charge in [0, 0.05) is 56.9 Å². The van der Waals surface area contributed by atoms with Crippen LogP contribution < -0.4 is 10.2 Å². The number of carbonyl (C=O) groups excluding carboxylic acids is 1. The lowest BCUT2D eigenvalue weighted by Crippen LogP contribution is -2.50. The van der Waals surface area contributed by atoms with Crippen LogP contribution in [0.25, 0.3) is 0 Å². The van der Waals surface area contributed by atoms with Crippen molar-refractivity contribution < 1.29 is 9.53 Å². The number of ether oxygens (including phenoxy) is 1. The largest absolute Gasteiger partial charge is 0.376 e. The predicted octanol–water partition coefficient (Wildman–Crippen LogP) is 0.807. The predicted molar refractivity (Wildman–Crippen MR) is 89.6 cm³/mol. The Kier molecular flexibility index (Phi) is 5.46. The number of aryl methyl sites for hydroxylation is 1. The second-order valence-corrected chi connectivity index (χ2v) is 6.36. The number of carbonyl (C=O) groups is 1. The molecule has 3 rings (SSSR count). The van der Waals surface area contributed by atoms with Crippen LogP contribution in [0.3, 0.4) is 0 Å². The Morgan fingerprint density at radius 3 is 2.91 bits per heavy atom. The maximum absolute atomic E-state index is 12.0. The maximum atomic E-state index is 12.0. The molecule has 0 unspecified atom stereocenters. The second-order valence-electron chi connectivity index (χ2n) is 6.36. The lowest BCUT2D eigenvalue weighted by atomic mass is 10.2. The molecular formula is C17H26N4O2. The number of nitrogens with one attached hydrogen (secondary N) is 1. The van der Waals surface area contributed by atoms with E-state index in [4.69, 9.17) is 4.74 Å². The molecule has 6 nitrogen and oxygen atoms in total. The normalized spacial score (nSPS) is 22.3. The molecule has 2 aliphatic heterocycles. The second kappa shape index (κ2) is 7.75. The van der Waals surface area contributed by atoms with Crippen molar-refractivity contribution in [3.63, 3.8) is 0 Å². The average Bonchev–Trinajstić information content (AvgIpc) is 3.07. The van der Waals surface area contributed by atoms with Crippen LogP contribution in [0.15, 0.2) is 18.3 Å². The van der Waals surface area contributed by atoms with Crippen LogP contribution in [0.5, 0.6) is 0 Å². The first kappa shape index (κ1) is 16.2. The van der Waals surface area contributed by atoms with Crippen molar-refractivity contribution in [3.05, 3.63) is 24.0 Å². The van der Waals surface area contributed by atoms with Gasteiger partial charge in [-0.1, -0.05) is 0 Å². The van der Waals surface area contributed by atoms with Crippen molar-refractivity contribution in [2.45, 2.75) is 25.9 Å². The minimum absolute atomic E-state index is 0.105. The number of hydrogen-bond acceptors (Lipinski definition) is 5. The van der Waals surface area contributed by atoms with Gasteiger partial charge in [0.25, 0.3) is 0 Å². The number of aromatic nitrogens is 1. The van der Waals surface area contributed by atoms with E-state index in [-0.39, 0.29) is 12.0 Å². The van der Waals surface area contributed by atoms with Gasteiger partial charge in [-0.15, -0.1) is 0 Å². The lowest BCUT2D eigenvalue weighted by molar-refractivity contribution is -0.122. The molecule has 1 amide bonds. The highest BCUT2D eigenvalue weighted by molar-refractivity contribution is 5.78. The Morgan fingerprint density at radius 2 is 2.22 bits per heavy atom. The highest BCUT2D eigenvalue weighted by Crippen LogP contribution is 2.16. The summed E-state index contributed by atoms with van der Waals surface area (Å²) in [5.41, 5.74) is 2.26. The van der Waals surface area contributed by atoms with E-state index in [2.05, 4.69) is 32.2 Å². The summed E-state index contributed by atoms with van der Waals surface area (Å²) >= 11 is 0. The molecule has 1 atom stereocenters. The summed E-state index contributed by atoms with van der Waals surface area (Å²) in [6, 6.07) is 4.17. The monoisotopic (exact) mass is 318 g/mol. The first-order chi connectivity index (χ1) is 11.2. The molecule has 1 N–H and O–H groups in total. The van der Waals surface area contributed by atoms with Gasteiger partial charge < -0.3 is 15.0 Å². The first-order valence-electron chi connectivity index (χ1n) is 8.49. The third-order valence-electron chi connectivity index (χ3n) is 4.54. The van der Waals surface area contributed by atoms with Crippen LogP contribution in [0.1, 0.15) is 18.5 Å². The minimum atomic E-state index is 0.105. The van der Waals surface area contributed by atoms with Crippen LogP contribution in [0.2, 0.25) is 0 Å². The molecule has 126 valence electrons. The van der Waals surface area contributed by atoms with Crippen LogP contribution in [0.4, 0.5) is 5.69 Å². The fourth-order valence-corrected chi connectivity index (χ4v) is 3.18. The summed E-state index contributed by atoms with van der Waals surface area (Å²) in [4.78, 5) is 20.9. The molecular weight excluding hydrogens is 292 g/mol. The minimum Gasteiger partial charge on any atom is -0.376 e. The maximum Gasteiger partial charge on any atom is 0.234 e. The van der Waals surface area contributed by atoms with Crippen molar-refractivity contribution in [2.24, 2.45) is 0 Å². The molecule has 2 fully saturated rings. The van der Waals surface area contributed by atoms with Crippen molar-refractivity contribution in [3.8, 4) is 0 Å². The smallest absolute Gasteiger partial charge is 0.234 e. The van der Waals surface area contributed by atoms with Crippen molar-refractivity contribution >= 4 is 11.6 Å². The molecule has 1 aromatic rings. The Labute approximate surface area is 137 Å². The zero-order valence-electron chi connectivity index (χ0n) is 13.8. The Hall–Kier alpha value is -1.66. The molecule has 6 heteroatoms. The number of nitrogens with zero attached hydrogens (tertiary/aromatic N) is 3. The van der Waals surface area contributed by atoms with Gasteiger partial charge in [-0.25, -0.2) is 0 Å². The van der Waals surface area contributed by atoms with E-state index in [0.29, 0.717) is 13.1 Å². The van der Waals surface area contributed by atoms with Gasteiger partial charge in [-0.2, -0.15) is 0 Å². The summed E-state index contributed by atoms with van der Waals surface area (Å²) in [5.74, 6) is 0.105. The highest BCUT2D eigenvalue weighted by atomic mass is 16.5. The molecule has 1 aromatic heterocycles. The molecule has 0 bridgehead atoms. The third-order valence-corrected chi connectivity index (χ3v) is 4.54. The number of piperazine rings is 1. The van der Waals surface area contributed by atoms with E-state index in [0.717, 1.165) is 51.3 Å². The van der Waals surface area contributed by atoms with E-state index in [1.165, 1.54) is 5.69 Å². The van der Waals surface area contributed by atoms with Gasteiger partial charge in [0.05, 0.1) is 12.6 Å². The molecule has 23 heavy (non-hydrogen) atoms. The summed E-state index contributed by atoms with van der Waals surface area (Å²) in [6.07, 6.45) is 4.24. The third kappa shape index (κ3) is 4.65. The topological polar surface area (TPSA) is 57.7 Å². The van der Waals surface area contributed by atoms with E-state index in [1.807, 2.05) is 13.1 Å². The number of hydrogen-bond donors (Lipinski definition) is 1. The van der Waals surface area contributed by atoms with Crippen molar-refractivity contribution in [1.29, 1.82) is 0 Å². The van der Waals surface area contributed by atoms with Gasteiger partial charge >= 0.3 is 0 Å². The molecule has 2 aliphatic rings. The molecule has 0 saturated carbocycles. The van der Waals surface area contributed by atoms with Crippen LogP contribution in [-0.4, -0.2) is 67.8 Å². The average molecular weight is 318 g/mol. The van der Waals surface area contributed by atoms with Gasteiger partial charge in [0.2, 0.25) is 5.91 Å². The van der Waals surface area contributed by atoms with Gasteiger partial charge in [0.15, 0.2) is 0 Å². The van der Waals surface area contributed by atoms with Gasteiger partial charge in [0.1, 0.15) is 0 Å². The summed E-state index contributed by atoms with van der Waals surface area (Å²) in [5, 5.41) is 2.99. The van der Waals surface area contributed by atoms with Gasteiger partial charge in [-0.3, -0.25) is 14.7 Å². The first-order valence-corrected chi connectivity index (χ1v) is 8.49. The van der Waals surface area contributed by atoms with Crippen molar-refractivity contribution in [2.75, 3.05) is 50.8 Å².